The first kappa shape index (κ1) is 14.0. The molecule has 1 aromatic rings. The largest absolute Gasteiger partial charge is 0.329 e. The third kappa shape index (κ3) is 2.63. The van der Waals surface area contributed by atoms with Gasteiger partial charge in [-0.15, -0.1) is 0 Å². The van der Waals surface area contributed by atoms with Crippen molar-refractivity contribution < 1.29 is 4.79 Å². The van der Waals surface area contributed by atoms with Crippen LogP contribution in [0, 0.1) is 6.92 Å². The second-order valence-electron chi connectivity index (χ2n) is 6.31. The molecular formula is C15H23N3O. The van der Waals surface area contributed by atoms with Gasteiger partial charge in [0, 0.05) is 30.4 Å². The van der Waals surface area contributed by atoms with Crippen LogP contribution in [0.2, 0.25) is 0 Å². The minimum atomic E-state index is -0.234. The summed E-state index contributed by atoms with van der Waals surface area (Å²) in [6.45, 7) is 8.22. The first-order chi connectivity index (χ1) is 8.82. The number of carbonyl (C=O) groups is 1. The fraction of sp³-hybridized carbons (Fsp3) is 0.600. The Hall–Kier alpha value is -1.42. The molecule has 0 aromatic carbocycles. The summed E-state index contributed by atoms with van der Waals surface area (Å²) < 4.78 is 0. The summed E-state index contributed by atoms with van der Waals surface area (Å²) >= 11 is 0. The Kier molecular flexibility index (Phi) is 3.63. The zero-order chi connectivity index (χ0) is 14.2. The van der Waals surface area contributed by atoms with Crippen molar-refractivity contribution in [1.82, 2.24) is 9.88 Å². The van der Waals surface area contributed by atoms with Gasteiger partial charge >= 0.3 is 0 Å². The summed E-state index contributed by atoms with van der Waals surface area (Å²) in [5.74, 6) is 0.183. The van der Waals surface area contributed by atoms with Crippen molar-refractivity contribution >= 4 is 5.91 Å². The molecule has 2 atom stereocenters. The Morgan fingerprint density at radius 1 is 1.42 bits per heavy atom. The van der Waals surface area contributed by atoms with Crippen molar-refractivity contribution in [3.63, 3.8) is 0 Å². The molecule has 1 fully saturated rings. The number of pyridine rings is 1. The number of rotatable bonds is 1. The standard InChI is InChI=1S/C15H23N3O/c1-10-7-8-17-9-11(10)14-12(16)5-6-13(19)18(14)15(2,3)4/h7-9,12,14H,5-6,16H2,1-4H3. The maximum absolute atomic E-state index is 12.3. The molecule has 0 aliphatic carbocycles. The van der Waals surface area contributed by atoms with E-state index in [1.54, 1.807) is 6.20 Å². The monoisotopic (exact) mass is 261 g/mol. The zero-order valence-electron chi connectivity index (χ0n) is 12.2. The van der Waals surface area contributed by atoms with Crippen molar-refractivity contribution in [3.8, 4) is 0 Å². The Morgan fingerprint density at radius 3 is 2.68 bits per heavy atom. The highest BCUT2D eigenvalue weighted by Gasteiger charge is 2.41. The number of nitrogens with zero attached hydrogens (tertiary/aromatic N) is 2. The Balaban J connectivity index is 2.49. The molecule has 0 bridgehead atoms. The minimum Gasteiger partial charge on any atom is -0.329 e. The highest BCUT2D eigenvalue weighted by Crippen LogP contribution is 2.37. The number of aryl methyl sites for hydroxylation is 1. The van der Waals surface area contributed by atoms with E-state index in [1.807, 2.05) is 24.1 Å². The van der Waals surface area contributed by atoms with E-state index in [0.29, 0.717) is 6.42 Å². The third-order valence-corrected chi connectivity index (χ3v) is 3.76. The van der Waals surface area contributed by atoms with E-state index in [-0.39, 0.29) is 23.5 Å². The molecule has 2 heterocycles. The van der Waals surface area contributed by atoms with E-state index in [9.17, 15) is 4.79 Å². The van der Waals surface area contributed by atoms with Gasteiger partial charge in [0.25, 0.3) is 0 Å². The van der Waals surface area contributed by atoms with E-state index in [2.05, 4.69) is 25.8 Å². The molecule has 0 saturated carbocycles. The molecule has 104 valence electrons. The SMILES string of the molecule is Cc1ccncc1C1C(N)CCC(=O)N1C(C)(C)C. The van der Waals surface area contributed by atoms with Crippen LogP contribution in [-0.4, -0.2) is 27.4 Å². The molecule has 1 aliphatic heterocycles. The lowest BCUT2D eigenvalue weighted by Crippen LogP contribution is -2.56. The second kappa shape index (κ2) is 4.93. The van der Waals surface area contributed by atoms with Gasteiger partial charge in [-0.05, 0) is 51.3 Å². The molecule has 2 N–H and O–H groups in total. The fourth-order valence-electron chi connectivity index (χ4n) is 2.86. The Bertz CT molecular complexity index is 479. The maximum atomic E-state index is 12.3. The second-order valence-corrected chi connectivity index (χ2v) is 6.31. The maximum Gasteiger partial charge on any atom is 0.223 e. The first-order valence-electron chi connectivity index (χ1n) is 6.80. The molecule has 1 amide bonds. The lowest BCUT2D eigenvalue weighted by molar-refractivity contribution is -0.144. The van der Waals surface area contributed by atoms with Gasteiger partial charge < -0.3 is 10.6 Å². The predicted molar refractivity (Wildman–Crippen MR) is 75.5 cm³/mol. The van der Waals surface area contributed by atoms with Gasteiger partial charge in [0.15, 0.2) is 0 Å². The fourth-order valence-corrected chi connectivity index (χ4v) is 2.86. The van der Waals surface area contributed by atoms with Gasteiger partial charge in [-0.2, -0.15) is 0 Å². The van der Waals surface area contributed by atoms with Gasteiger partial charge in [-0.1, -0.05) is 0 Å². The summed E-state index contributed by atoms with van der Waals surface area (Å²) in [6, 6.07) is 1.87. The number of piperidine rings is 1. The Labute approximate surface area is 115 Å². The van der Waals surface area contributed by atoms with Crippen molar-refractivity contribution in [1.29, 1.82) is 0 Å². The number of aromatic nitrogens is 1. The first-order valence-corrected chi connectivity index (χ1v) is 6.80. The van der Waals surface area contributed by atoms with Crippen molar-refractivity contribution in [2.75, 3.05) is 0 Å². The smallest absolute Gasteiger partial charge is 0.223 e. The Morgan fingerprint density at radius 2 is 2.11 bits per heavy atom. The zero-order valence-corrected chi connectivity index (χ0v) is 12.2. The van der Waals surface area contributed by atoms with Crippen molar-refractivity contribution in [3.05, 3.63) is 29.6 Å². The molecule has 2 rings (SSSR count). The summed E-state index contributed by atoms with van der Waals surface area (Å²) in [7, 11) is 0. The van der Waals surface area contributed by atoms with Crippen LogP contribution in [0.25, 0.3) is 0 Å². The average Bonchev–Trinajstić information content (AvgIpc) is 2.31. The van der Waals surface area contributed by atoms with Crippen molar-refractivity contribution in [2.45, 2.75) is 58.2 Å². The van der Waals surface area contributed by atoms with Gasteiger partial charge in [0.05, 0.1) is 6.04 Å². The number of likely N-dealkylation sites (tertiary alicyclic amines) is 1. The molecule has 0 spiro atoms. The summed E-state index contributed by atoms with van der Waals surface area (Å²) in [6.07, 6.45) is 4.90. The highest BCUT2D eigenvalue weighted by molar-refractivity contribution is 5.78. The van der Waals surface area contributed by atoms with Crippen LogP contribution in [0.1, 0.15) is 50.8 Å². The number of carbonyl (C=O) groups excluding carboxylic acids is 1. The molecule has 0 radical (unpaired) electrons. The topological polar surface area (TPSA) is 59.2 Å². The van der Waals surface area contributed by atoms with Gasteiger partial charge in [-0.25, -0.2) is 0 Å². The minimum absolute atomic E-state index is 0.0279. The molecule has 19 heavy (non-hydrogen) atoms. The summed E-state index contributed by atoms with van der Waals surface area (Å²) in [5.41, 5.74) is 8.28. The van der Waals surface area contributed by atoms with Gasteiger partial charge in [0.2, 0.25) is 5.91 Å². The van der Waals surface area contributed by atoms with Gasteiger partial charge in [-0.3, -0.25) is 9.78 Å². The lowest BCUT2D eigenvalue weighted by atomic mass is 9.85. The van der Waals surface area contributed by atoms with Crippen LogP contribution < -0.4 is 5.73 Å². The van der Waals surface area contributed by atoms with E-state index in [1.165, 1.54) is 0 Å². The van der Waals surface area contributed by atoms with Crippen LogP contribution in [0.4, 0.5) is 0 Å². The normalized spacial score (nSPS) is 24.7. The molecule has 4 heteroatoms. The van der Waals surface area contributed by atoms with Crippen LogP contribution in [0.3, 0.4) is 0 Å². The number of nitrogens with two attached hydrogens (primary N) is 1. The molecule has 1 saturated heterocycles. The molecular weight excluding hydrogens is 238 g/mol. The molecule has 1 aliphatic rings. The van der Waals surface area contributed by atoms with Crippen LogP contribution >= 0.6 is 0 Å². The van der Waals surface area contributed by atoms with E-state index < -0.39 is 0 Å². The lowest BCUT2D eigenvalue weighted by Gasteiger charge is -2.47. The number of hydrogen-bond donors (Lipinski definition) is 1. The van der Waals surface area contributed by atoms with Crippen molar-refractivity contribution in [2.24, 2.45) is 5.73 Å². The average molecular weight is 261 g/mol. The van der Waals surface area contributed by atoms with Crippen LogP contribution in [0.5, 0.6) is 0 Å². The third-order valence-electron chi connectivity index (χ3n) is 3.76. The summed E-state index contributed by atoms with van der Waals surface area (Å²) in [4.78, 5) is 18.5. The predicted octanol–water partition coefficient (Wildman–Crippen LogP) is 2.18. The number of hydrogen-bond acceptors (Lipinski definition) is 3. The molecule has 1 aromatic heterocycles. The van der Waals surface area contributed by atoms with E-state index in [0.717, 1.165) is 17.5 Å². The molecule has 2 unspecified atom stereocenters. The summed E-state index contributed by atoms with van der Waals surface area (Å²) in [5, 5.41) is 0. The molecule has 4 nitrogen and oxygen atoms in total. The van der Waals surface area contributed by atoms with Crippen LogP contribution in [0.15, 0.2) is 18.5 Å². The van der Waals surface area contributed by atoms with E-state index >= 15 is 0 Å². The van der Waals surface area contributed by atoms with Crippen LogP contribution in [-0.2, 0) is 4.79 Å². The van der Waals surface area contributed by atoms with Gasteiger partial charge in [0.1, 0.15) is 0 Å². The number of amides is 1. The highest BCUT2D eigenvalue weighted by atomic mass is 16.2. The quantitative estimate of drug-likeness (QED) is 0.843. The van der Waals surface area contributed by atoms with E-state index in [4.69, 9.17) is 5.73 Å².